The number of amides is 2. The lowest BCUT2D eigenvalue weighted by Gasteiger charge is -2.47. The fraction of sp³-hybridized carbons (Fsp3) is 0.583. The summed E-state index contributed by atoms with van der Waals surface area (Å²) in [6.45, 7) is 10.9. The number of carbonyl (C=O) groups excluding carboxylic acids is 3. The number of aromatic nitrogens is 2. The number of rotatable bonds is 8. The van der Waals surface area contributed by atoms with E-state index in [2.05, 4.69) is 5.10 Å². The molecular weight excluding hydrogens is 470 g/mol. The molecular formula is C24H35N5O7. The van der Waals surface area contributed by atoms with Gasteiger partial charge < -0.3 is 24.8 Å². The normalized spacial score (nSPS) is 16.2. The lowest BCUT2D eigenvalue weighted by Crippen LogP contribution is -2.66. The Bertz CT molecular complexity index is 1130. The van der Waals surface area contributed by atoms with Gasteiger partial charge in [-0.1, -0.05) is 0 Å². The van der Waals surface area contributed by atoms with Crippen LogP contribution in [0.4, 0.5) is 4.79 Å². The number of hydrogen-bond donors (Lipinski definition) is 2. The Morgan fingerprint density at radius 1 is 1.08 bits per heavy atom. The van der Waals surface area contributed by atoms with E-state index < -0.39 is 40.7 Å². The van der Waals surface area contributed by atoms with Crippen LogP contribution >= 0.6 is 0 Å². The van der Waals surface area contributed by atoms with Gasteiger partial charge in [0, 0.05) is 24.7 Å². The quantitative estimate of drug-likeness (QED) is 0.402. The van der Waals surface area contributed by atoms with Crippen LogP contribution in [0.15, 0.2) is 24.4 Å². The van der Waals surface area contributed by atoms with Crippen molar-refractivity contribution in [2.45, 2.75) is 65.4 Å². The lowest BCUT2D eigenvalue weighted by molar-refractivity contribution is -0.171. The molecule has 12 heteroatoms. The highest BCUT2D eigenvalue weighted by molar-refractivity contribution is 5.85. The third kappa shape index (κ3) is 6.64. The fourth-order valence-corrected chi connectivity index (χ4v) is 3.71. The van der Waals surface area contributed by atoms with E-state index in [9.17, 15) is 14.4 Å². The van der Waals surface area contributed by atoms with Crippen LogP contribution in [-0.4, -0.2) is 69.7 Å². The maximum atomic E-state index is 12.3. The second kappa shape index (κ2) is 9.94. The zero-order valence-electron chi connectivity index (χ0n) is 21.6. The molecule has 1 aromatic carbocycles. The largest absolute Gasteiger partial charge is 0.490 e. The van der Waals surface area contributed by atoms with Crippen LogP contribution in [0, 0.1) is 5.41 Å². The molecule has 0 spiro atoms. The van der Waals surface area contributed by atoms with E-state index in [1.54, 1.807) is 70.6 Å². The Kier molecular flexibility index (Phi) is 7.51. The Hall–Kier alpha value is -3.38. The van der Waals surface area contributed by atoms with Crippen LogP contribution in [-0.2, 0) is 30.4 Å². The molecule has 0 aliphatic carbocycles. The third-order valence-corrected chi connectivity index (χ3v) is 5.38. The zero-order chi connectivity index (χ0) is 26.9. The van der Waals surface area contributed by atoms with Gasteiger partial charge in [0.1, 0.15) is 29.0 Å². The molecule has 1 aromatic heterocycles. The molecule has 1 aliphatic rings. The third-order valence-electron chi connectivity index (χ3n) is 5.38. The first-order valence-electron chi connectivity index (χ1n) is 11.6. The van der Waals surface area contributed by atoms with E-state index in [0.29, 0.717) is 11.3 Å². The molecule has 3 rings (SSSR count). The summed E-state index contributed by atoms with van der Waals surface area (Å²) in [4.78, 5) is 42.9. The minimum absolute atomic E-state index is 0.143. The van der Waals surface area contributed by atoms with Gasteiger partial charge in [0.15, 0.2) is 0 Å². The highest BCUT2D eigenvalue weighted by atomic mass is 16.7. The number of ether oxygens (including phenoxy) is 3. The molecule has 36 heavy (non-hydrogen) atoms. The van der Waals surface area contributed by atoms with Crippen molar-refractivity contribution in [2.24, 2.45) is 17.0 Å². The first-order valence-corrected chi connectivity index (χ1v) is 11.6. The van der Waals surface area contributed by atoms with Crippen molar-refractivity contribution < 1.29 is 33.4 Å². The molecule has 0 saturated carbocycles. The summed E-state index contributed by atoms with van der Waals surface area (Å²) in [5.74, 6) is 4.57. The molecule has 2 amide bonds. The maximum Gasteiger partial charge on any atom is 0.410 e. The Balaban J connectivity index is 1.66. The number of fused-ring (bicyclic) bond motifs is 1. The van der Waals surface area contributed by atoms with Crippen LogP contribution in [0.5, 0.6) is 5.75 Å². The topological polar surface area (TPSA) is 161 Å². The fourth-order valence-electron chi connectivity index (χ4n) is 3.71. The van der Waals surface area contributed by atoms with E-state index in [1.165, 1.54) is 4.90 Å². The summed E-state index contributed by atoms with van der Waals surface area (Å²) in [5, 5.41) is 5.26. The zero-order valence-corrected chi connectivity index (χ0v) is 21.6. The van der Waals surface area contributed by atoms with E-state index in [-0.39, 0.29) is 26.2 Å². The van der Waals surface area contributed by atoms with Crippen molar-refractivity contribution in [1.82, 2.24) is 14.7 Å². The van der Waals surface area contributed by atoms with Gasteiger partial charge in [-0.05, 0) is 59.7 Å². The molecule has 198 valence electrons. The molecule has 1 aliphatic heterocycles. The van der Waals surface area contributed by atoms with Crippen molar-refractivity contribution >= 4 is 28.9 Å². The van der Waals surface area contributed by atoms with Crippen molar-refractivity contribution in [2.75, 3.05) is 19.7 Å². The predicted molar refractivity (Wildman–Crippen MR) is 130 cm³/mol. The summed E-state index contributed by atoms with van der Waals surface area (Å²) in [5.41, 5.74) is 4.10. The van der Waals surface area contributed by atoms with E-state index in [1.807, 2.05) is 0 Å². The highest BCUT2D eigenvalue weighted by Gasteiger charge is 2.51. The molecule has 1 unspecified atom stereocenters. The van der Waals surface area contributed by atoms with Crippen molar-refractivity contribution in [3.05, 3.63) is 24.4 Å². The lowest BCUT2D eigenvalue weighted by atomic mass is 9.79. The molecule has 0 radical (unpaired) electrons. The minimum atomic E-state index is -1.09. The summed E-state index contributed by atoms with van der Waals surface area (Å²) in [7, 11) is 0. The SMILES string of the molecule is CC(C)(C)OC(=O)C(COc1ccc2nn(CC3(C(N)=O)CN(C(=O)OC(C)(C)C)C3)cc2c1)ON. The van der Waals surface area contributed by atoms with Crippen molar-refractivity contribution in [3.8, 4) is 5.75 Å². The van der Waals surface area contributed by atoms with Gasteiger partial charge >= 0.3 is 12.1 Å². The number of benzene rings is 1. The van der Waals surface area contributed by atoms with Gasteiger partial charge in [-0.25, -0.2) is 15.5 Å². The monoisotopic (exact) mass is 505 g/mol. The van der Waals surface area contributed by atoms with Gasteiger partial charge in [-0.15, -0.1) is 0 Å². The molecule has 1 atom stereocenters. The smallest absolute Gasteiger partial charge is 0.410 e. The molecule has 12 nitrogen and oxygen atoms in total. The summed E-state index contributed by atoms with van der Waals surface area (Å²) in [6, 6.07) is 5.18. The number of nitrogens with zero attached hydrogens (tertiary/aromatic N) is 3. The van der Waals surface area contributed by atoms with Crippen LogP contribution < -0.4 is 16.4 Å². The Morgan fingerprint density at radius 2 is 1.72 bits per heavy atom. The van der Waals surface area contributed by atoms with Gasteiger partial charge in [0.25, 0.3) is 0 Å². The number of carbonyl (C=O) groups is 3. The number of hydrogen-bond acceptors (Lipinski definition) is 9. The average Bonchev–Trinajstić information content (AvgIpc) is 3.09. The summed E-state index contributed by atoms with van der Waals surface area (Å²) in [6.07, 6.45) is 0.177. The molecule has 2 aromatic rings. The number of nitrogens with two attached hydrogens (primary N) is 2. The van der Waals surface area contributed by atoms with Gasteiger partial charge in [-0.2, -0.15) is 5.10 Å². The maximum absolute atomic E-state index is 12.3. The van der Waals surface area contributed by atoms with Gasteiger partial charge in [0.05, 0.1) is 12.1 Å². The number of primary amides is 1. The number of likely N-dealkylation sites (tertiary alicyclic amines) is 1. The second-order valence-electron chi connectivity index (χ2n) is 11.0. The minimum Gasteiger partial charge on any atom is -0.490 e. The standard InChI is InChI=1S/C24H35N5O7/c1-22(2,3)34-19(30)18(36-26)11-33-16-7-8-17-15(9-16)10-29(27-17)14-24(20(25)31)12-28(13-24)21(32)35-23(4,5)6/h7-10,18H,11-14,26H2,1-6H3,(H2,25,31). The van der Waals surface area contributed by atoms with Crippen LogP contribution in [0.2, 0.25) is 0 Å². The van der Waals surface area contributed by atoms with Crippen LogP contribution in [0.3, 0.4) is 0 Å². The number of esters is 1. The second-order valence-corrected chi connectivity index (χ2v) is 11.0. The predicted octanol–water partition coefficient (Wildman–Crippen LogP) is 1.74. The van der Waals surface area contributed by atoms with Crippen molar-refractivity contribution in [3.63, 3.8) is 0 Å². The molecule has 2 heterocycles. The average molecular weight is 506 g/mol. The molecule has 0 bridgehead atoms. The molecule has 1 fully saturated rings. The van der Waals surface area contributed by atoms with Crippen LogP contribution in [0.25, 0.3) is 10.9 Å². The van der Waals surface area contributed by atoms with Gasteiger partial charge in [-0.3, -0.25) is 14.3 Å². The highest BCUT2D eigenvalue weighted by Crippen LogP contribution is 2.34. The molecule has 4 N–H and O–H groups in total. The van der Waals surface area contributed by atoms with Crippen molar-refractivity contribution in [1.29, 1.82) is 0 Å². The van der Waals surface area contributed by atoms with E-state index >= 15 is 0 Å². The Morgan fingerprint density at radius 3 is 2.28 bits per heavy atom. The Labute approximate surface area is 209 Å². The van der Waals surface area contributed by atoms with Gasteiger partial charge in [0.2, 0.25) is 12.0 Å². The van der Waals surface area contributed by atoms with Crippen LogP contribution in [0.1, 0.15) is 41.5 Å². The van der Waals surface area contributed by atoms with E-state index in [4.69, 9.17) is 30.7 Å². The molecule has 1 saturated heterocycles. The first kappa shape index (κ1) is 27.2. The summed E-state index contributed by atoms with van der Waals surface area (Å²) >= 11 is 0. The van der Waals surface area contributed by atoms with E-state index in [0.717, 1.165) is 5.39 Å². The first-order chi connectivity index (χ1) is 16.6. The summed E-state index contributed by atoms with van der Waals surface area (Å²) < 4.78 is 18.0.